The molecule has 5 heteroatoms. The van der Waals surface area contributed by atoms with Crippen molar-refractivity contribution >= 4 is 23.2 Å². The van der Waals surface area contributed by atoms with E-state index in [2.05, 4.69) is 10.3 Å². The minimum Gasteiger partial charge on any atom is -0.322 e. The van der Waals surface area contributed by atoms with Crippen molar-refractivity contribution in [1.82, 2.24) is 4.98 Å². The number of anilines is 1. The number of nitrogens with two attached hydrogens (primary N) is 1. The monoisotopic (exact) mass is 289 g/mol. The first-order valence-electron chi connectivity index (χ1n) is 6.23. The molecule has 2 rings (SSSR count). The molecule has 0 fully saturated rings. The van der Waals surface area contributed by atoms with Crippen LogP contribution >= 0.6 is 11.6 Å². The van der Waals surface area contributed by atoms with Gasteiger partial charge in [0.05, 0.1) is 5.69 Å². The number of rotatable bonds is 3. The molecular formula is C15H16ClN3O. The molecule has 0 radical (unpaired) electrons. The van der Waals surface area contributed by atoms with Crippen LogP contribution in [0.3, 0.4) is 0 Å². The van der Waals surface area contributed by atoms with Crippen LogP contribution in [0.5, 0.6) is 0 Å². The normalized spacial score (nSPS) is 12.0. The summed E-state index contributed by atoms with van der Waals surface area (Å²) in [5.41, 5.74) is 9.18. The van der Waals surface area contributed by atoms with E-state index in [0.29, 0.717) is 5.69 Å². The number of carbonyl (C=O) groups excluding carboxylic acids is 1. The lowest BCUT2D eigenvalue weighted by Crippen LogP contribution is -2.28. The van der Waals surface area contributed by atoms with Gasteiger partial charge >= 0.3 is 0 Å². The van der Waals surface area contributed by atoms with Gasteiger partial charge < -0.3 is 11.1 Å². The zero-order chi connectivity index (χ0) is 14.7. The fourth-order valence-electron chi connectivity index (χ4n) is 1.80. The minimum absolute atomic E-state index is 0.259. The standard InChI is InChI=1S/C15H16ClN3O/c1-9-3-5-11(6-4-9)12(17)15(20)19-13-10(2)7-8-18-14(13)16/h3-8,12H,17H2,1-2H3,(H,19,20). The van der Waals surface area contributed by atoms with Gasteiger partial charge in [0.1, 0.15) is 6.04 Å². The van der Waals surface area contributed by atoms with Crippen LogP contribution < -0.4 is 11.1 Å². The van der Waals surface area contributed by atoms with Gasteiger partial charge in [0, 0.05) is 6.20 Å². The summed E-state index contributed by atoms with van der Waals surface area (Å²) in [6, 6.07) is 8.56. The van der Waals surface area contributed by atoms with Crippen LogP contribution in [0.2, 0.25) is 5.15 Å². The molecule has 0 saturated carbocycles. The highest BCUT2D eigenvalue weighted by atomic mass is 35.5. The predicted octanol–water partition coefficient (Wildman–Crippen LogP) is 2.99. The molecule has 20 heavy (non-hydrogen) atoms. The second kappa shape index (κ2) is 6.03. The Morgan fingerprint density at radius 1 is 1.25 bits per heavy atom. The summed E-state index contributed by atoms with van der Waals surface area (Å²) in [5.74, 6) is -0.313. The Labute approximate surface area is 123 Å². The van der Waals surface area contributed by atoms with Gasteiger partial charge in [-0.05, 0) is 31.0 Å². The Kier molecular flexibility index (Phi) is 4.37. The van der Waals surface area contributed by atoms with E-state index in [1.807, 2.05) is 38.1 Å². The lowest BCUT2D eigenvalue weighted by atomic mass is 10.1. The molecule has 1 aromatic carbocycles. The highest BCUT2D eigenvalue weighted by Crippen LogP contribution is 2.24. The molecular weight excluding hydrogens is 274 g/mol. The Hall–Kier alpha value is -1.91. The number of pyridine rings is 1. The van der Waals surface area contributed by atoms with Crippen molar-refractivity contribution in [1.29, 1.82) is 0 Å². The molecule has 0 bridgehead atoms. The molecule has 104 valence electrons. The van der Waals surface area contributed by atoms with Crippen molar-refractivity contribution in [2.75, 3.05) is 5.32 Å². The zero-order valence-electron chi connectivity index (χ0n) is 11.4. The van der Waals surface area contributed by atoms with Crippen LogP contribution in [0.1, 0.15) is 22.7 Å². The molecule has 1 heterocycles. The third-order valence-corrected chi connectivity index (χ3v) is 3.37. The van der Waals surface area contributed by atoms with Crippen LogP contribution in [0.4, 0.5) is 5.69 Å². The van der Waals surface area contributed by atoms with Crippen LogP contribution in [-0.2, 0) is 4.79 Å². The molecule has 4 nitrogen and oxygen atoms in total. The summed E-state index contributed by atoms with van der Waals surface area (Å²) in [5, 5.41) is 2.99. The highest BCUT2D eigenvalue weighted by Gasteiger charge is 2.18. The van der Waals surface area contributed by atoms with Crippen molar-refractivity contribution < 1.29 is 4.79 Å². The first-order chi connectivity index (χ1) is 9.49. The van der Waals surface area contributed by atoms with Gasteiger partial charge in [-0.25, -0.2) is 4.98 Å². The molecule has 3 N–H and O–H groups in total. The minimum atomic E-state index is -0.744. The summed E-state index contributed by atoms with van der Waals surface area (Å²) >= 11 is 5.98. The van der Waals surface area contributed by atoms with E-state index in [-0.39, 0.29) is 11.1 Å². The van der Waals surface area contributed by atoms with Gasteiger partial charge in [-0.15, -0.1) is 0 Å². The van der Waals surface area contributed by atoms with Crippen molar-refractivity contribution in [2.45, 2.75) is 19.9 Å². The second-order valence-corrected chi connectivity index (χ2v) is 5.03. The van der Waals surface area contributed by atoms with Gasteiger partial charge in [0.15, 0.2) is 5.15 Å². The third-order valence-electron chi connectivity index (χ3n) is 3.08. The maximum Gasteiger partial charge on any atom is 0.245 e. The molecule has 1 aromatic heterocycles. The van der Waals surface area contributed by atoms with E-state index in [1.54, 1.807) is 12.3 Å². The van der Waals surface area contributed by atoms with Gasteiger partial charge in [-0.3, -0.25) is 4.79 Å². The molecule has 2 aromatic rings. The van der Waals surface area contributed by atoms with E-state index in [1.165, 1.54) is 0 Å². The molecule has 0 saturated heterocycles. The molecule has 0 aliphatic heterocycles. The molecule has 0 aliphatic rings. The van der Waals surface area contributed by atoms with E-state index in [4.69, 9.17) is 17.3 Å². The van der Waals surface area contributed by atoms with Crippen LogP contribution in [0, 0.1) is 13.8 Å². The summed E-state index contributed by atoms with van der Waals surface area (Å²) in [7, 11) is 0. The summed E-state index contributed by atoms with van der Waals surface area (Å²) in [6.07, 6.45) is 1.59. The predicted molar refractivity (Wildman–Crippen MR) is 80.7 cm³/mol. The Balaban J connectivity index is 2.18. The largest absolute Gasteiger partial charge is 0.322 e. The number of carbonyl (C=O) groups is 1. The zero-order valence-corrected chi connectivity index (χ0v) is 12.1. The molecule has 1 unspecified atom stereocenters. The Bertz CT molecular complexity index is 605. The first kappa shape index (κ1) is 14.5. The number of hydrogen-bond acceptors (Lipinski definition) is 3. The Morgan fingerprint density at radius 2 is 1.90 bits per heavy atom. The number of nitrogens with one attached hydrogen (secondary N) is 1. The molecule has 1 amide bonds. The van der Waals surface area contributed by atoms with E-state index in [9.17, 15) is 4.79 Å². The summed E-state index contributed by atoms with van der Waals surface area (Å²) in [6.45, 7) is 3.83. The fourth-order valence-corrected chi connectivity index (χ4v) is 2.05. The fraction of sp³-hybridized carbons (Fsp3) is 0.200. The van der Waals surface area contributed by atoms with Gasteiger partial charge in [0.2, 0.25) is 5.91 Å². The number of hydrogen-bond donors (Lipinski definition) is 2. The van der Waals surface area contributed by atoms with Crippen LogP contribution in [-0.4, -0.2) is 10.9 Å². The maximum atomic E-state index is 12.2. The van der Waals surface area contributed by atoms with E-state index >= 15 is 0 Å². The average Bonchev–Trinajstić information content (AvgIpc) is 2.43. The molecule has 0 aliphatic carbocycles. The maximum absolute atomic E-state index is 12.2. The number of benzene rings is 1. The van der Waals surface area contributed by atoms with Crippen molar-refractivity contribution in [2.24, 2.45) is 5.73 Å². The quantitative estimate of drug-likeness (QED) is 0.854. The van der Waals surface area contributed by atoms with Gasteiger partial charge in [-0.2, -0.15) is 0 Å². The molecule has 1 atom stereocenters. The van der Waals surface area contributed by atoms with Crippen molar-refractivity contribution in [3.05, 3.63) is 58.4 Å². The second-order valence-electron chi connectivity index (χ2n) is 4.67. The number of amides is 1. The summed E-state index contributed by atoms with van der Waals surface area (Å²) < 4.78 is 0. The first-order valence-corrected chi connectivity index (χ1v) is 6.61. The SMILES string of the molecule is Cc1ccc(C(N)C(=O)Nc2c(C)ccnc2Cl)cc1. The van der Waals surface area contributed by atoms with Gasteiger partial charge in [0.25, 0.3) is 0 Å². The average molecular weight is 290 g/mol. The highest BCUT2D eigenvalue weighted by molar-refractivity contribution is 6.32. The topological polar surface area (TPSA) is 68.0 Å². The van der Waals surface area contributed by atoms with Crippen molar-refractivity contribution in [3.8, 4) is 0 Å². The smallest absolute Gasteiger partial charge is 0.245 e. The number of halogens is 1. The van der Waals surface area contributed by atoms with Crippen LogP contribution in [0.15, 0.2) is 36.5 Å². The molecule has 0 spiro atoms. The number of aromatic nitrogens is 1. The van der Waals surface area contributed by atoms with E-state index < -0.39 is 6.04 Å². The van der Waals surface area contributed by atoms with Crippen LogP contribution in [0.25, 0.3) is 0 Å². The van der Waals surface area contributed by atoms with E-state index in [0.717, 1.165) is 16.7 Å². The van der Waals surface area contributed by atoms with Crippen molar-refractivity contribution in [3.63, 3.8) is 0 Å². The summed E-state index contributed by atoms with van der Waals surface area (Å²) in [4.78, 5) is 16.1. The lowest BCUT2D eigenvalue weighted by molar-refractivity contribution is -0.117. The number of nitrogens with zero attached hydrogens (tertiary/aromatic N) is 1. The number of aryl methyl sites for hydroxylation is 2. The van der Waals surface area contributed by atoms with Gasteiger partial charge in [-0.1, -0.05) is 41.4 Å². The lowest BCUT2D eigenvalue weighted by Gasteiger charge is -2.14. The Morgan fingerprint density at radius 3 is 2.50 bits per heavy atom. The third kappa shape index (κ3) is 3.15.